The number of amidine groups is 1. The maximum absolute atomic E-state index is 5.73. The number of halogens is 2. The average molecular weight is 181 g/mol. The van der Waals surface area contributed by atoms with Crippen molar-refractivity contribution in [2.45, 2.75) is 5.18 Å². The molecular formula is C5H6Cl2N2O. The highest BCUT2D eigenvalue weighted by Crippen LogP contribution is 2.21. The summed E-state index contributed by atoms with van der Waals surface area (Å²) in [6.45, 7) is 0. The fraction of sp³-hybridized carbons (Fsp3) is 0.400. The Morgan fingerprint density at radius 1 is 1.80 bits per heavy atom. The molecule has 0 aromatic carbocycles. The molecule has 0 amide bonds. The highest BCUT2D eigenvalue weighted by atomic mass is 35.5. The van der Waals surface area contributed by atoms with Gasteiger partial charge in [0.15, 0.2) is 5.29 Å². The van der Waals surface area contributed by atoms with Gasteiger partial charge in [-0.05, 0) is 11.6 Å². The van der Waals surface area contributed by atoms with E-state index in [0.29, 0.717) is 0 Å². The van der Waals surface area contributed by atoms with Crippen molar-refractivity contribution in [2.24, 2.45) is 4.99 Å². The summed E-state index contributed by atoms with van der Waals surface area (Å²) in [5, 5.41) is 1.74. The Morgan fingerprint density at radius 3 is 2.90 bits per heavy atom. The lowest BCUT2D eigenvalue weighted by molar-refractivity contribution is 0.111. The van der Waals surface area contributed by atoms with E-state index in [4.69, 9.17) is 27.9 Å². The van der Waals surface area contributed by atoms with E-state index in [2.05, 4.69) is 10.3 Å². The number of methoxy groups -OCH3 is 1. The largest absolute Gasteiger partial charge is 0.341 e. The summed E-state index contributed by atoms with van der Waals surface area (Å²) in [5.41, 5.74) is 0. The Hall–Kier alpha value is -0.250. The van der Waals surface area contributed by atoms with Gasteiger partial charge in [-0.25, -0.2) is 4.99 Å². The normalized spacial score (nSPS) is 31.3. The fourth-order valence-electron chi connectivity index (χ4n) is 0.530. The third-order valence-corrected chi connectivity index (χ3v) is 1.59. The molecule has 0 saturated carbocycles. The van der Waals surface area contributed by atoms with Crippen LogP contribution in [0.15, 0.2) is 17.3 Å². The van der Waals surface area contributed by atoms with Gasteiger partial charge < -0.3 is 10.1 Å². The number of nitrogens with zero attached hydrogens (tertiary/aromatic N) is 1. The van der Waals surface area contributed by atoms with E-state index >= 15 is 0 Å². The van der Waals surface area contributed by atoms with Crippen molar-refractivity contribution in [3.05, 3.63) is 12.3 Å². The van der Waals surface area contributed by atoms with Crippen LogP contribution in [0.3, 0.4) is 0 Å². The van der Waals surface area contributed by atoms with Gasteiger partial charge in [0.1, 0.15) is 0 Å². The van der Waals surface area contributed by atoms with E-state index in [9.17, 15) is 0 Å². The highest BCUT2D eigenvalue weighted by molar-refractivity contribution is 6.65. The molecule has 10 heavy (non-hydrogen) atoms. The number of hydrogen-bond acceptors (Lipinski definition) is 3. The molecule has 56 valence electrons. The van der Waals surface area contributed by atoms with Crippen molar-refractivity contribution in [3.63, 3.8) is 0 Å². The van der Waals surface area contributed by atoms with Crippen molar-refractivity contribution in [1.29, 1.82) is 0 Å². The summed E-state index contributed by atoms with van der Waals surface area (Å²) in [7, 11) is 1.45. The van der Waals surface area contributed by atoms with Crippen LogP contribution in [-0.4, -0.2) is 17.6 Å². The van der Waals surface area contributed by atoms with Crippen LogP contribution in [0.25, 0.3) is 0 Å². The number of hydrogen-bond donors (Lipinski definition) is 1. The van der Waals surface area contributed by atoms with Crippen LogP contribution in [-0.2, 0) is 4.74 Å². The number of alkyl halides is 1. The molecule has 0 radical (unpaired) electrons. The lowest BCUT2D eigenvalue weighted by Gasteiger charge is -2.19. The molecule has 0 fully saturated rings. The Labute approximate surface area is 68.7 Å². The van der Waals surface area contributed by atoms with Crippen molar-refractivity contribution >= 4 is 28.5 Å². The Bertz CT molecular complexity index is 192. The van der Waals surface area contributed by atoms with Crippen LogP contribution < -0.4 is 5.32 Å². The Kier molecular flexibility index (Phi) is 2.18. The standard InChI is InChI=1S/C5H6Cl2N2O/c1-10-5(7)2-3-8-4(6)9-5/h2-3H,1H3,(H,8,9). The second-order valence-corrected chi connectivity index (χ2v) is 2.59. The van der Waals surface area contributed by atoms with Crippen LogP contribution in [0.4, 0.5) is 0 Å². The zero-order valence-corrected chi connectivity index (χ0v) is 6.78. The van der Waals surface area contributed by atoms with Crippen molar-refractivity contribution in [1.82, 2.24) is 5.32 Å². The maximum atomic E-state index is 5.73. The van der Waals surface area contributed by atoms with E-state index in [-0.39, 0.29) is 5.29 Å². The average Bonchev–Trinajstić information content (AvgIpc) is 1.88. The minimum Gasteiger partial charge on any atom is -0.341 e. The molecule has 5 heteroatoms. The lowest BCUT2D eigenvalue weighted by Crippen LogP contribution is -2.28. The first-order valence-corrected chi connectivity index (χ1v) is 3.35. The van der Waals surface area contributed by atoms with Crippen LogP contribution in [0.5, 0.6) is 0 Å². The summed E-state index contributed by atoms with van der Waals surface area (Å²) in [4.78, 5) is 3.76. The van der Waals surface area contributed by atoms with Gasteiger partial charge in [-0.3, -0.25) is 0 Å². The summed E-state index contributed by atoms with van der Waals surface area (Å²) >= 11 is 11.2. The van der Waals surface area contributed by atoms with E-state index in [0.717, 1.165) is 0 Å². The monoisotopic (exact) mass is 180 g/mol. The molecule has 1 aliphatic heterocycles. The number of rotatable bonds is 1. The highest BCUT2D eigenvalue weighted by Gasteiger charge is 2.24. The number of aliphatic imine (C=N–C) groups is 1. The molecule has 1 N–H and O–H groups in total. The van der Waals surface area contributed by atoms with E-state index in [1.807, 2.05) is 0 Å². The Morgan fingerprint density at radius 2 is 2.50 bits per heavy atom. The molecule has 3 nitrogen and oxygen atoms in total. The second kappa shape index (κ2) is 2.78. The molecule has 0 aromatic rings. The van der Waals surface area contributed by atoms with Crippen LogP contribution in [0, 0.1) is 0 Å². The maximum Gasteiger partial charge on any atom is 0.260 e. The van der Waals surface area contributed by atoms with Gasteiger partial charge in [-0.1, -0.05) is 11.6 Å². The zero-order valence-electron chi connectivity index (χ0n) is 5.27. The summed E-state index contributed by atoms with van der Waals surface area (Å²) in [5.74, 6) is 0. The first-order valence-electron chi connectivity index (χ1n) is 2.60. The third kappa shape index (κ3) is 1.62. The van der Waals surface area contributed by atoms with Crippen molar-refractivity contribution in [2.75, 3.05) is 7.11 Å². The smallest absolute Gasteiger partial charge is 0.260 e. The molecule has 0 saturated heterocycles. The topological polar surface area (TPSA) is 33.6 Å². The van der Waals surface area contributed by atoms with Crippen LogP contribution in [0.1, 0.15) is 0 Å². The van der Waals surface area contributed by atoms with Gasteiger partial charge in [0.2, 0.25) is 0 Å². The third-order valence-electron chi connectivity index (χ3n) is 1.03. The molecule has 1 atom stereocenters. The first kappa shape index (κ1) is 7.85. The predicted octanol–water partition coefficient (Wildman–Crippen LogP) is 1.24. The first-order chi connectivity index (χ1) is 4.66. The minimum atomic E-state index is -1.12. The minimum absolute atomic E-state index is 0.222. The van der Waals surface area contributed by atoms with Gasteiger partial charge in [0, 0.05) is 19.4 Å². The van der Waals surface area contributed by atoms with Gasteiger partial charge in [0.05, 0.1) is 0 Å². The molecule has 1 rings (SSSR count). The molecule has 1 heterocycles. The summed E-state index contributed by atoms with van der Waals surface area (Å²) < 4.78 is 4.82. The second-order valence-electron chi connectivity index (χ2n) is 1.69. The van der Waals surface area contributed by atoms with Gasteiger partial charge in [-0.15, -0.1) is 0 Å². The van der Waals surface area contributed by atoms with E-state index in [1.165, 1.54) is 7.11 Å². The summed E-state index contributed by atoms with van der Waals surface area (Å²) in [6, 6.07) is 0. The Balaban J connectivity index is 2.78. The molecule has 1 unspecified atom stereocenters. The predicted molar refractivity (Wildman–Crippen MR) is 41.2 cm³/mol. The quantitative estimate of drug-likeness (QED) is 0.487. The van der Waals surface area contributed by atoms with Crippen molar-refractivity contribution in [3.8, 4) is 0 Å². The number of nitrogens with one attached hydrogen (secondary N) is 1. The summed E-state index contributed by atoms with van der Waals surface area (Å²) in [6.07, 6.45) is 3.13. The van der Waals surface area contributed by atoms with Gasteiger partial charge in [-0.2, -0.15) is 0 Å². The van der Waals surface area contributed by atoms with Crippen LogP contribution in [0.2, 0.25) is 0 Å². The molecule has 0 spiro atoms. The van der Waals surface area contributed by atoms with Crippen molar-refractivity contribution < 1.29 is 4.74 Å². The van der Waals surface area contributed by atoms with Gasteiger partial charge >= 0.3 is 0 Å². The fourth-order valence-corrected chi connectivity index (χ4v) is 0.910. The number of ether oxygens (including phenoxy) is 1. The van der Waals surface area contributed by atoms with Crippen LogP contribution >= 0.6 is 23.2 Å². The molecule has 1 aliphatic rings. The molecule has 0 aliphatic carbocycles. The zero-order chi connectivity index (χ0) is 7.61. The molecule has 0 bridgehead atoms. The van der Waals surface area contributed by atoms with E-state index in [1.54, 1.807) is 12.3 Å². The lowest BCUT2D eigenvalue weighted by atomic mass is 10.5. The molecule has 0 aromatic heterocycles. The van der Waals surface area contributed by atoms with E-state index < -0.39 is 5.18 Å². The van der Waals surface area contributed by atoms with Gasteiger partial charge in [0.25, 0.3) is 5.18 Å². The molecular weight excluding hydrogens is 175 g/mol. The SMILES string of the molecule is COC1(Cl)C=CNC(Cl)=N1.